The second kappa shape index (κ2) is 8.37. The van der Waals surface area contributed by atoms with Gasteiger partial charge in [-0.05, 0) is 18.4 Å². The summed E-state index contributed by atoms with van der Waals surface area (Å²) in [6, 6.07) is 0.348. The predicted molar refractivity (Wildman–Crippen MR) is 105 cm³/mol. The molecule has 2 aromatic rings. The number of thiophene rings is 1. The van der Waals surface area contributed by atoms with E-state index in [-0.39, 0.29) is 22.2 Å². The molecule has 2 aromatic heterocycles. The summed E-state index contributed by atoms with van der Waals surface area (Å²) in [4.78, 5) is 41.1. The molecule has 1 aliphatic heterocycles. The maximum Gasteiger partial charge on any atom is 0.362 e. The van der Waals surface area contributed by atoms with E-state index in [2.05, 4.69) is 10.5 Å². The van der Waals surface area contributed by atoms with Crippen LogP contribution in [0.1, 0.15) is 27.9 Å². The van der Waals surface area contributed by atoms with E-state index in [4.69, 9.17) is 9.39 Å². The summed E-state index contributed by atoms with van der Waals surface area (Å²) < 4.78 is 32.0. The molecule has 3 heterocycles. The van der Waals surface area contributed by atoms with Crippen molar-refractivity contribution in [1.82, 2.24) is 14.4 Å². The van der Waals surface area contributed by atoms with E-state index >= 15 is 0 Å². The fourth-order valence-corrected chi connectivity index (χ4v) is 4.41. The molecule has 0 saturated carbocycles. The Morgan fingerprint density at radius 2 is 2.13 bits per heavy atom. The Bertz CT molecular complexity index is 1220. The maximum atomic E-state index is 12.5. The van der Waals surface area contributed by atoms with E-state index < -0.39 is 45.4 Å². The van der Waals surface area contributed by atoms with Crippen LogP contribution in [-0.4, -0.2) is 62.4 Å². The fourth-order valence-electron chi connectivity index (χ4n) is 2.78. The highest BCUT2D eigenvalue weighted by Crippen LogP contribution is 2.24. The van der Waals surface area contributed by atoms with E-state index in [1.54, 1.807) is 5.38 Å². The van der Waals surface area contributed by atoms with Crippen LogP contribution in [-0.2, 0) is 26.5 Å². The van der Waals surface area contributed by atoms with Gasteiger partial charge in [0.05, 0.1) is 28.9 Å². The molecule has 0 spiro atoms. The number of pyridine rings is 1. The lowest BCUT2D eigenvalue weighted by molar-refractivity contribution is -0.141. The van der Waals surface area contributed by atoms with Gasteiger partial charge >= 0.3 is 10.3 Å². The van der Waals surface area contributed by atoms with Gasteiger partial charge in [-0.3, -0.25) is 18.9 Å². The summed E-state index contributed by atoms with van der Waals surface area (Å²) >= 11 is 1.13. The van der Waals surface area contributed by atoms with Crippen molar-refractivity contribution in [2.24, 2.45) is 5.16 Å². The van der Waals surface area contributed by atoms with Crippen LogP contribution in [0.15, 0.2) is 33.7 Å². The topological polar surface area (TPSA) is 188 Å². The van der Waals surface area contributed by atoms with Crippen LogP contribution in [0.3, 0.4) is 0 Å². The normalized spacial score (nSPS) is 18.8. The summed E-state index contributed by atoms with van der Waals surface area (Å²) in [6.45, 7) is 1.04. The van der Waals surface area contributed by atoms with Gasteiger partial charge in [0.1, 0.15) is 11.7 Å². The molecule has 31 heavy (non-hydrogen) atoms. The number of carbonyl (C=O) groups excluding carboxylic acids is 2. The average Bonchev–Trinajstić information content (AvgIpc) is 3.14. The average molecular weight is 472 g/mol. The quantitative estimate of drug-likeness (QED) is 0.136. The number of aromatic nitrogens is 1. The molecule has 166 valence electrons. The zero-order valence-corrected chi connectivity index (χ0v) is 17.3. The summed E-state index contributed by atoms with van der Waals surface area (Å²) in [6.07, 6.45) is 2.01. The van der Waals surface area contributed by atoms with Gasteiger partial charge in [0.15, 0.2) is 12.4 Å². The summed E-state index contributed by atoms with van der Waals surface area (Å²) in [5, 5.41) is 26.4. The predicted octanol–water partition coefficient (Wildman–Crippen LogP) is -0.465. The van der Waals surface area contributed by atoms with Gasteiger partial charge in [0.2, 0.25) is 5.43 Å². The molecular weight excluding hydrogens is 456 g/mol. The first-order chi connectivity index (χ1) is 14.5. The summed E-state index contributed by atoms with van der Waals surface area (Å²) in [7, 11) is -4.70. The van der Waals surface area contributed by atoms with Crippen molar-refractivity contribution in [2.45, 2.75) is 25.6 Å². The lowest BCUT2D eigenvalue weighted by atomic mass is 10.0. The van der Waals surface area contributed by atoms with Crippen molar-refractivity contribution >= 4 is 39.7 Å². The molecule has 4 N–H and O–H groups in total. The number of hydrogen-bond donors (Lipinski definition) is 4. The molecule has 2 atom stereocenters. The molecular formula is C16H16N4O9S2. The second-order valence-electron chi connectivity index (χ2n) is 6.37. The highest BCUT2D eigenvalue weighted by Gasteiger charge is 2.51. The van der Waals surface area contributed by atoms with Crippen LogP contribution < -0.4 is 10.7 Å². The molecule has 0 unspecified atom stereocenters. The van der Waals surface area contributed by atoms with Gasteiger partial charge in [-0.15, -0.1) is 11.3 Å². The van der Waals surface area contributed by atoms with Gasteiger partial charge in [0.25, 0.3) is 11.8 Å². The largest absolute Gasteiger partial charge is 0.503 e. The van der Waals surface area contributed by atoms with Gasteiger partial charge in [-0.1, -0.05) is 5.16 Å². The van der Waals surface area contributed by atoms with Crippen LogP contribution in [0.2, 0.25) is 0 Å². The minimum absolute atomic E-state index is 0.0185. The number of aromatic hydroxyl groups is 1. The van der Waals surface area contributed by atoms with E-state index in [1.165, 1.54) is 19.2 Å². The fraction of sp³-hybridized carbons (Fsp3) is 0.250. The number of carbonyl (C=O) groups is 2. The Morgan fingerprint density at radius 3 is 2.77 bits per heavy atom. The molecule has 0 radical (unpaired) electrons. The van der Waals surface area contributed by atoms with Crippen molar-refractivity contribution in [3.05, 3.63) is 50.1 Å². The number of oxime groups is 1. The van der Waals surface area contributed by atoms with Crippen molar-refractivity contribution in [1.29, 1.82) is 0 Å². The smallest absolute Gasteiger partial charge is 0.362 e. The first kappa shape index (κ1) is 22.3. The van der Waals surface area contributed by atoms with Crippen LogP contribution in [0.5, 0.6) is 5.75 Å². The van der Waals surface area contributed by atoms with Crippen LogP contribution in [0.25, 0.3) is 0 Å². The number of nitrogens with one attached hydrogen (secondary N) is 1. The van der Waals surface area contributed by atoms with Crippen LogP contribution in [0, 0.1) is 0 Å². The van der Waals surface area contributed by atoms with Crippen LogP contribution >= 0.6 is 11.3 Å². The minimum Gasteiger partial charge on any atom is -0.503 e. The lowest BCUT2D eigenvalue weighted by Crippen LogP contribution is -2.70. The molecule has 0 aliphatic carbocycles. The molecule has 1 fully saturated rings. The number of hydrogen-bond acceptors (Lipinski definition) is 10. The second-order valence-corrected chi connectivity index (χ2v) is 8.61. The maximum absolute atomic E-state index is 12.5. The molecule has 1 saturated heterocycles. The minimum atomic E-state index is -4.70. The molecule has 15 heteroatoms. The third kappa shape index (κ3) is 4.52. The Balaban J connectivity index is 1.62. The monoisotopic (exact) mass is 472 g/mol. The van der Waals surface area contributed by atoms with Crippen molar-refractivity contribution in [3.63, 3.8) is 0 Å². The molecule has 13 nitrogen and oxygen atoms in total. The third-order valence-electron chi connectivity index (χ3n) is 4.36. The highest BCUT2D eigenvalue weighted by molar-refractivity contribution is 7.84. The molecule has 0 bridgehead atoms. The third-order valence-corrected chi connectivity index (χ3v) is 6.22. The summed E-state index contributed by atoms with van der Waals surface area (Å²) in [5.41, 5.74) is -0.547. The van der Waals surface area contributed by atoms with Gasteiger partial charge < -0.3 is 20.5 Å². The van der Waals surface area contributed by atoms with E-state index in [1.807, 2.05) is 0 Å². The molecule has 0 aromatic carbocycles. The standard InChI is InChI=1S/C16H16N4O9S2/c1-8-14(16(24)20(8)31(26,27)28)18-15(23)10-2-3-30-13(10)5-17-29-7-9-4-11(21)12(22)6-19(9)25/h2-6,8,14,22,25H,7H2,1H3,(H,18,23)(H,26,27,28)/b17-5-/t8-,14-/m0/s1. The zero-order valence-electron chi connectivity index (χ0n) is 15.7. The first-order valence-electron chi connectivity index (χ1n) is 8.49. The Labute approximate surface area is 178 Å². The number of amides is 2. The Kier molecular flexibility index (Phi) is 6.01. The van der Waals surface area contributed by atoms with Gasteiger partial charge in [-0.25, -0.2) is 4.31 Å². The molecule has 3 rings (SSSR count). The SMILES string of the molecule is C[C@H]1[C@H](NC(=O)c2ccsc2/C=N\OCc2cc(=O)c(O)cn2O)C(=O)N1S(=O)(=O)O. The van der Waals surface area contributed by atoms with Crippen molar-refractivity contribution in [3.8, 4) is 5.75 Å². The van der Waals surface area contributed by atoms with E-state index in [9.17, 15) is 33.1 Å². The van der Waals surface area contributed by atoms with E-state index in [0.717, 1.165) is 23.6 Å². The van der Waals surface area contributed by atoms with Gasteiger partial charge in [-0.2, -0.15) is 13.1 Å². The number of β-lactam (4-membered cyclic amide) rings is 1. The van der Waals surface area contributed by atoms with Gasteiger partial charge in [0, 0.05) is 6.07 Å². The zero-order chi connectivity index (χ0) is 22.9. The van der Waals surface area contributed by atoms with Crippen molar-refractivity contribution < 1.29 is 37.7 Å². The van der Waals surface area contributed by atoms with Crippen molar-refractivity contribution in [2.75, 3.05) is 0 Å². The Hall–Kier alpha value is -3.43. The van der Waals surface area contributed by atoms with Crippen LogP contribution in [0.4, 0.5) is 0 Å². The number of rotatable bonds is 7. The lowest BCUT2D eigenvalue weighted by Gasteiger charge is -2.42. The molecule has 1 aliphatic rings. The number of nitrogens with zero attached hydrogens (tertiary/aromatic N) is 3. The van der Waals surface area contributed by atoms with E-state index in [0.29, 0.717) is 9.61 Å². The highest BCUT2D eigenvalue weighted by atomic mass is 32.2. The molecule has 2 amide bonds. The first-order valence-corrected chi connectivity index (χ1v) is 10.8. The Morgan fingerprint density at radius 1 is 1.42 bits per heavy atom. The summed E-state index contributed by atoms with van der Waals surface area (Å²) in [5.74, 6) is -2.25.